The van der Waals surface area contributed by atoms with Crippen LogP contribution in [0.4, 0.5) is 4.39 Å². The molecule has 2 aromatic carbocycles. The van der Waals surface area contributed by atoms with Crippen LogP contribution in [0.25, 0.3) is 11.4 Å². The zero-order valence-corrected chi connectivity index (χ0v) is 20.0. The molecule has 0 radical (unpaired) electrons. The highest BCUT2D eigenvalue weighted by molar-refractivity contribution is 5.78. The summed E-state index contributed by atoms with van der Waals surface area (Å²) >= 11 is 0. The van der Waals surface area contributed by atoms with Crippen LogP contribution < -0.4 is 5.32 Å². The number of piperidine rings is 1. The molecule has 1 N–H and O–H groups in total. The number of hydrogen-bond donors (Lipinski definition) is 1. The lowest BCUT2D eigenvalue weighted by Crippen LogP contribution is -2.40. The molecule has 8 heteroatoms. The van der Waals surface area contributed by atoms with Gasteiger partial charge < -0.3 is 9.84 Å². The minimum Gasteiger partial charge on any atom is -0.352 e. The second kappa shape index (κ2) is 11.1. The van der Waals surface area contributed by atoms with Gasteiger partial charge in [-0.15, -0.1) is 0 Å². The summed E-state index contributed by atoms with van der Waals surface area (Å²) in [7, 11) is 0. The van der Waals surface area contributed by atoms with Gasteiger partial charge in [0.25, 0.3) is 0 Å². The molecule has 0 atom stereocenters. The van der Waals surface area contributed by atoms with Gasteiger partial charge in [-0.25, -0.2) is 4.39 Å². The highest BCUT2D eigenvalue weighted by Crippen LogP contribution is 2.21. The highest BCUT2D eigenvalue weighted by atomic mass is 19.1. The van der Waals surface area contributed by atoms with Crippen molar-refractivity contribution in [1.82, 2.24) is 25.3 Å². The van der Waals surface area contributed by atoms with Crippen molar-refractivity contribution in [2.24, 2.45) is 5.92 Å². The smallest absolute Gasteiger partial charge is 0.241 e. The van der Waals surface area contributed by atoms with E-state index in [2.05, 4.69) is 49.5 Å². The van der Waals surface area contributed by atoms with Crippen LogP contribution in [0.1, 0.15) is 42.7 Å². The van der Waals surface area contributed by atoms with Crippen LogP contribution in [-0.4, -0.2) is 52.0 Å². The molecule has 2 fully saturated rings. The lowest BCUT2D eigenvalue weighted by Gasteiger charge is -2.30. The first-order valence-electron chi connectivity index (χ1n) is 12.5. The molecule has 3 aromatic rings. The second-order valence-corrected chi connectivity index (χ2v) is 9.59. The summed E-state index contributed by atoms with van der Waals surface area (Å²) in [6, 6.07) is 14.6. The third kappa shape index (κ3) is 6.32. The van der Waals surface area contributed by atoms with Crippen molar-refractivity contribution >= 4 is 5.91 Å². The van der Waals surface area contributed by atoms with Gasteiger partial charge in [-0.05, 0) is 87.3 Å². The molecule has 184 valence electrons. The zero-order valence-electron chi connectivity index (χ0n) is 20.0. The van der Waals surface area contributed by atoms with Crippen molar-refractivity contribution in [3.63, 3.8) is 0 Å². The van der Waals surface area contributed by atoms with E-state index in [9.17, 15) is 9.18 Å². The number of carbonyl (C=O) groups is 1. The van der Waals surface area contributed by atoms with Crippen molar-refractivity contribution in [2.75, 3.05) is 26.2 Å². The maximum absolute atomic E-state index is 13.1. The summed E-state index contributed by atoms with van der Waals surface area (Å²) in [4.78, 5) is 21.9. The number of aromatic nitrogens is 2. The number of amides is 1. The van der Waals surface area contributed by atoms with Crippen molar-refractivity contribution in [3.8, 4) is 11.4 Å². The topological polar surface area (TPSA) is 74.5 Å². The Balaban J connectivity index is 1.06. The first kappa shape index (κ1) is 23.6. The molecule has 5 rings (SSSR count). The minimum absolute atomic E-state index is 0.0245. The predicted molar refractivity (Wildman–Crippen MR) is 130 cm³/mol. The van der Waals surface area contributed by atoms with Crippen LogP contribution in [0.15, 0.2) is 53.1 Å². The van der Waals surface area contributed by atoms with Crippen molar-refractivity contribution in [2.45, 2.75) is 45.3 Å². The fourth-order valence-electron chi connectivity index (χ4n) is 4.95. The molecule has 2 aliphatic rings. The summed E-state index contributed by atoms with van der Waals surface area (Å²) in [6.07, 6.45) is 4.20. The molecule has 0 spiro atoms. The van der Waals surface area contributed by atoms with Crippen LogP contribution >= 0.6 is 0 Å². The van der Waals surface area contributed by atoms with Gasteiger partial charge >= 0.3 is 0 Å². The van der Waals surface area contributed by atoms with Gasteiger partial charge in [0.2, 0.25) is 17.6 Å². The molecule has 0 aliphatic carbocycles. The fraction of sp³-hybridized carbons (Fsp3) is 0.444. The molecule has 2 saturated heterocycles. The van der Waals surface area contributed by atoms with E-state index in [0.29, 0.717) is 24.8 Å². The third-order valence-corrected chi connectivity index (χ3v) is 6.95. The average Bonchev–Trinajstić information content (AvgIpc) is 3.56. The van der Waals surface area contributed by atoms with Crippen LogP contribution in [-0.2, 0) is 24.4 Å². The second-order valence-electron chi connectivity index (χ2n) is 9.59. The molecule has 0 unspecified atom stereocenters. The Labute approximate surface area is 205 Å². The maximum atomic E-state index is 13.1. The first-order valence-corrected chi connectivity index (χ1v) is 12.5. The van der Waals surface area contributed by atoms with Gasteiger partial charge in [0.05, 0.1) is 6.54 Å². The van der Waals surface area contributed by atoms with Crippen molar-refractivity contribution in [1.29, 1.82) is 0 Å². The van der Waals surface area contributed by atoms with Crippen LogP contribution in [0.3, 0.4) is 0 Å². The number of nitrogens with one attached hydrogen (secondary N) is 1. The van der Waals surface area contributed by atoms with E-state index in [0.717, 1.165) is 43.6 Å². The van der Waals surface area contributed by atoms with E-state index >= 15 is 0 Å². The molecule has 3 heterocycles. The number of benzene rings is 2. The normalized spacial score (nSPS) is 17.6. The van der Waals surface area contributed by atoms with E-state index in [1.807, 2.05) is 0 Å². The molecule has 1 amide bonds. The Bertz CT molecular complexity index is 1120. The van der Waals surface area contributed by atoms with E-state index in [1.165, 1.54) is 43.6 Å². The largest absolute Gasteiger partial charge is 0.352 e. The molecular weight excluding hydrogens is 445 g/mol. The lowest BCUT2D eigenvalue weighted by molar-refractivity contribution is -0.126. The SMILES string of the molecule is O=C(NCc1cccc(CN2CCCC2)c1)C1CCN(Cc2nc(-c3ccc(F)cc3)no2)CC1. The molecule has 1 aromatic heterocycles. The quantitative estimate of drug-likeness (QED) is 0.529. The first-order chi connectivity index (χ1) is 17.1. The average molecular weight is 478 g/mol. The third-order valence-electron chi connectivity index (χ3n) is 6.95. The van der Waals surface area contributed by atoms with Gasteiger partial charge in [-0.1, -0.05) is 29.4 Å². The van der Waals surface area contributed by atoms with E-state index in [1.54, 1.807) is 12.1 Å². The number of nitrogens with zero attached hydrogens (tertiary/aromatic N) is 4. The van der Waals surface area contributed by atoms with Crippen LogP contribution in [0.5, 0.6) is 0 Å². The summed E-state index contributed by atoms with van der Waals surface area (Å²) in [5.74, 6) is 0.845. The molecular formula is C27H32FN5O2. The summed E-state index contributed by atoms with van der Waals surface area (Å²) in [6.45, 7) is 6.08. The van der Waals surface area contributed by atoms with Gasteiger partial charge in [-0.2, -0.15) is 4.98 Å². The number of hydrogen-bond acceptors (Lipinski definition) is 6. The van der Waals surface area contributed by atoms with Crippen molar-refractivity contribution < 1.29 is 13.7 Å². The van der Waals surface area contributed by atoms with Gasteiger partial charge in [0.15, 0.2) is 0 Å². The number of likely N-dealkylation sites (tertiary alicyclic amines) is 2. The monoisotopic (exact) mass is 477 g/mol. The van der Waals surface area contributed by atoms with Gasteiger partial charge in [0, 0.05) is 24.6 Å². The van der Waals surface area contributed by atoms with Gasteiger partial charge in [0.1, 0.15) is 5.82 Å². The Morgan fingerprint density at radius 3 is 2.46 bits per heavy atom. The van der Waals surface area contributed by atoms with E-state index in [-0.39, 0.29) is 17.6 Å². The number of halogens is 1. The fourth-order valence-corrected chi connectivity index (χ4v) is 4.95. The molecule has 35 heavy (non-hydrogen) atoms. The summed E-state index contributed by atoms with van der Waals surface area (Å²) in [5, 5.41) is 7.15. The highest BCUT2D eigenvalue weighted by Gasteiger charge is 2.26. The molecule has 2 aliphatic heterocycles. The van der Waals surface area contributed by atoms with E-state index in [4.69, 9.17) is 4.52 Å². The molecule has 7 nitrogen and oxygen atoms in total. The number of rotatable bonds is 8. The Morgan fingerprint density at radius 1 is 0.971 bits per heavy atom. The predicted octanol–water partition coefficient (Wildman–Crippen LogP) is 4.00. The van der Waals surface area contributed by atoms with Crippen LogP contribution in [0, 0.1) is 11.7 Å². The standard InChI is InChI=1S/C27H32FN5O2/c28-24-8-6-22(7-9-24)26-30-25(35-31-26)19-33-14-10-23(11-15-33)27(34)29-17-20-4-3-5-21(16-20)18-32-12-1-2-13-32/h3-9,16,23H,1-2,10-15,17-19H2,(H,29,34). The van der Waals surface area contributed by atoms with Gasteiger partial charge in [-0.3, -0.25) is 14.6 Å². The Morgan fingerprint density at radius 2 is 1.69 bits per heavy atom. The van der Waals surface area contributed by atoms with Crippen LogP contribution in [0.2, 0.25) is 0 Å². The minimum atomic E-state index is -0.296. The van der Waals surface area contributed by atoms with E-state index < -0.39 is 0 Å². The molecule has 0 bridgehead atoms. The van der Waals surface area contributed by atoms with Crippen molar-refractivity contribution in [3.05, 3.63) is 71.4 Å². The maximum Gasteiger partial charge on any atom is 0.241 e. The number of carbonyl (C=O) groups excluding carboxylic acids is 1. The Hall–Kier alpha value is -3.10. The summed E-state index contributed by atoms with van der Waals surface area (Å²) < 4.78 is 18.5. The summed E-state index contributed by atoms with van der Waals surface area (Å²) in [5.41, 5.74) is 3.19. The zero-order chi connectivity index (χ0) is 24.0. The molecule has 0 saturated carbocycles. The lowest BCUT2D eigenvalue weighted by atomic mass is 9.96. The Kier molecular flexibility index (Phi) is 7.49.